The van der Waals surface area contributed by atoms with E-state index in [1.807, 2.05) is 19.0 Å². The molecule has 1 unspecified atom stereocenters. The lowest BCUT2D eigenvalue weighted by atomic mass is 9.94. The second-order valence-corrected chi connectivity index (χ2v) is 8.90. The highest BCUT2D eigenvalue weighted by molar-refractivity contribution is 6.51. The molecule has 1 saturated heterocycles. The summed E-state index contributed by atoms with van der Waals surface area (Å²) in [5, 5.41) is 11.4. The van der Waals surface area contributed by atoms with Gasteiger partial charge >= 0.3 is 6.18 Å². The minimum atomic E-state index is -4.56. The number of aliphatic hydroxyl groups is 1. The topological polar surface area (TPSA) is 70.1 Å². The van der Waals surface area contributed by atoms with Crippen LogP contribution in [0.1, 0.15) is 28.3 Å². The van der Waals surface area contributed by atoms with Crippen molar-refractivity contribution in [3.8, 4) is 5.75 Å². The molecule has 192 valence electrons. The Morgan fingerprint density at radius 3 is 2.14 bits per heavy atom. The lowest BCUT2D eigenvalue weighted by Gasteiger charge is -2.26. The summed E-state index contributed by atoms with van der Waals surface area (Å²) < 4.78 is 44.8. The molecule has 0 bridgehead atoms. The van der Waals surface area contributed by atoms with Crippen molar-refractivity contribution < 1.29 is 32.6 Å². The van der Waals surface area contributed by atoms with E-state index in [1.165, 1.54) is 7.11 Å². The Kier molecular flexibility index (Phi) is 6.73. The molecule has 1 atom stereocenters. The first kappa shape index (κ1) is 25.8. The Hall–Kier alpha value is -4.27. The van der Waals surface area contributed by atoms with Gasteiger partial charge in [0.05, 0.1) is 29.9 Å². The molecular formula is C28H25F3N2O4. The number of aliphatic hydroxyl groups excluding tert-OH is 1. The van der Waals surface area contributed by atoms with E-state index in [9.17, 15) is 27.9 Å². The lowest BCUT2D eigenvalue weighted by Crippen LogP contribution is -2.29. The second kappa shape index (κ2) is 9.65. The van der Waals surface area contributed by atoms with Gasteiger partial charge in [0.15, 0.2) is 0 Å². The van der Waals surface area contributed by atoms with E-state index in [0.29, 0.717) is 11.3 Å². The molecule has 0 saturated carbocycles. The van der Waals surface area contributed by atoms with Gasteiger partial charge in [-0.05, 0) is 61.0 Å². The zero-order chi connectivity index (χ0) is 27.1. The monoisotopic (exact) mass is 510 g/mol. The molecule has 0 radical (unpaired) electrons. The number of halogens is 3. The molecule has 1 N–H and O–H groups in total. The van der Waals surface area contributed by atoms with Gasteiger partial charge in [-0.25, -0.2) is 0 Å². The molecule has 1 fully saturated rings. The number of anilines is 2. The summed E-state index contributed by atoms with van der Waals surface area (Å²) >= 11 is 0. The number of alkyl halides is 3. The first-order valence-corrected chi connectivity index (χ1v) is 11.3. The van der Waals surface area contributed by atoms with Crippen molar-refractivity contribution in [1.29, 1.82) is 0 Å². The zero-order valence-electron chi connectivity index (χ0n) is 20.6. The molecule has 0 aliphatic carbocycles. The molecule has 37 heavy (non-hydrogen) atoms. The Morgan fingerprint density at radius 1 is 0.973 bits per heavy atom. The number of hydrogen-bond acceptors (Lipinski definition) is 5. The van der Waals surface area contributed by atoms with E-state index in [1.54, 1.807) is 49.4 Å². The molecule has 9 heteroatoms. The third kappa shape index (κ3) is 4.76. The standard InChI is InChI=1S/C28H25F3N2O4/c1-16-5-14-22(37-4)21(15-16)25(34)23-24(17-6-10-19(11-7-17)32(2)3)33(27(36)26(23)35)20-12-8-18(9-13-20)28(29,30)31/h5-15,24,34H,1-4H3/b25-23+. The predicted molar refractivity (Wildman–Crippen MR) is 135 cm³/mol. The van der Waals surface area contributed by atoms with E-state index in [0.717, 1.165) is 40.4 Å². The van der Waals surface area contributed by atoms with Crippen LogP contribution in [0.15, 0.2) is 72.3 Å². The fraction of sp³-hybridized carbons (Fsp3) is 0.214. The number of benzene rings is 3. The number of methoxy groups -OCH3 is 1. The van der Waals surface area contributed by atoms with Crippen LogP contribution < -0.4 is 14.5 Å². The second-order valence-electron chi connectivity index (χ2n) is 8.90. The normalized spacial score (nSPS) is 17.3. The maximum Gasteiger partial charge on any atom is 0.416 e. The summed E-state index contributed by atoms with van der Waals surface area (Å²) in [5.41, 5.74) is 1.38. The van der Waals surface area contributed by atoms with E-state index < -0.39 is 35.2 Å². The predicted octanol–water partition coefficient (Wildman–Crippen LogP) is 5.71. The molecule has 1 amide bonds. The van der Waals surface area contributed by atoms with Gasteiger partial charge in [0, 0.05) is 25.5 Å². The SMILES string of the molecule is COc1ccc(C)cc1/C(O)=C1\C(=O)C(=O)N(c2ccc(C(F)(F)F)cc2)C1c1ccc(N(C)C)cc1. The van der Waals surface area contributed by atoms with Crippen molar-refractivity contribution in [2.45, 2.75) is 19.1 Å². The van der Waals surface area contributed by atoms with Gasteiger partial charge in [-0.1, -0.05) is 23.8 Å². The average molecular weight is 511 g/mol. The summed E-state index contributed by atoms with van der Waals surface area (Å²) in [6, 6.07) is 14.9. The highest BCUT2D eigenvalue weighted by Crippen LogP contribution is 2.44. The Labute approximate surface area is 212 Å². The molecule has 0 spiro atoms. The minimum Gasteiger partial charge on any atom is -0.507 e. The lowest BCUT2D eigenvalue weighted by molar-refractivity contribution is -0.137. The summed E-state index contributed by atoms with van der Waals surface area (Å²) in [5.74, 6) is -2.06. The number of carbonyl (C=O) groups excluding carboxylic acids is 2. The van der Waals surface area contributed by atoms with E-state index in [4.69, 9.17) is 4.74 Å². The van der Waals surface area contributed by atoms with Crippen LogP contribution in [0.3, 0.4) is 0 Å². The van der Waals surface area contributed by atoms with Crippen molar-refractivity contribution >= 4 is 28.8 Å². The van der Waals surface area contributed by atoms with E-state index in [-0.39, 0.29) is 16.8 Å². The van der Waals surface area contributed by atoms with Crippen LogP contribution in [0.2, 0.25) is 0 Å². The molecule has 0 aromatic heterocycles. The third-order valence-electron chi connectivity index (χ3n) is 6.25. The third-order valence-corrected chi connectivity index (χ3v) is 6.25. The average Bonchev–Trinajstić information content (AvgIpc) is 3.13. The fourth-order valence-corrected chi connectivity index (χ4v) is 4.33. The first-order valence-electron chi connectivity index (χ1n) is 11.3. The van der Waals surface area contributed by atoms with Gasteiger partial charge in [-0.3, -0.25) is 14.5 Å². The largest absolute Gasteiger partial charge is 0.507 e. The minimum absolute atomic E-state index is 0.0899. The maximum absolute atomic E-state index is 13.3. The van der Waals surface area contributed by atoms with E-state index >= 15 is 0 Å². The highest BCUT2D eigenvalue weighted by Gasteiger charge is 2.47. The van der Waals surface area contributed by atoms with Crippen LogP contribution in [-0.4, -0.2) is 38.0 Å². The van der Waals surface area contributed by atoms with Crippen LogP contribution in [0.5, 0.6) is 5.75 Å². The number of aryl methyl sites for hydroxylation is 1. The number of carbonyl (C=O) groups is 2. The zero-order valence-corrected chi connectivity index (χ0v) is 20.6. The van der Waals surface area contributed by atoms with Crippen LogP contribution in [0.4, 0.5) is 24.5 Å². The number of rotatable bonds is 5. The van der Waals surface area contributed by atoms with Crippen molar-refractivity contribution in [1.82, 2.24) is 0 Å². The maximum atomic E-state index is 13.3. The van der Waals surface area contributed by atoms with Crippen molar-refractivity contribution in [2.75, 3.05) is 31.0 Å². The van der Waals surface area contributed by atoms with E-state index in [2.05, 4.69) is 0 Å². The fourth-order valence-electron chi connectivity index (χ4n) is 4.33. The molecule has 1 aliphatic rings. The summed E-state index contributed by atoms with van der Waals surface area (Å²) in [6.45, 7) is 1.80. The number of Topliss-reactive ketones (excluding diaryl/α,β-unsaturated/α-hetero) is 1. The molecule has 3 aromatic rings. The number of ether oxygens (including phenoxy) is 1. The van der Waals surface area contributed by atoms with Gasteiger partial charge in [0.25, 0.3) is 11.7 Å². The van der Waals surface area contributed by atoms with Gasteiger partial charge < -0.3 is 14.7 Å². The van der Waals surface area contributed by atoms with Crippen LogP contribution >= 0.6 is 0 Å². The number of nitrogens with zero attached hydrogens (tertiary/aromatic N) is 2. The van der Waals surface area contributed by atoms with Crippen LogP contribution in [0, 0.1) is 6.92 Å². The quantitative estimate of drug-likeness (QED) is 0.270. The number of ketones is 1. The molecule has 3 aromatic carbocycles. The first-order chi connectivity index (χ1) is 17.4. The van der Waals surface area contributed by atoms with Crippen LogP contribution in [0.25, 0.3) is 5.76 Å². The Balaban J connectivity index is 1.94. The Bertz CT molecular complexity index is 1380. The van der Waals surface area contributed by atoms with Gasteiger partial charge in [-0.15, -0.1) is 0 Å². The molecule has 6 nitrogen and oxygen atoms in total. The van der Waals surface area contributed by atoms with Crippen molar-refractivity contribution in [3.63, 3.8) is 0 Å². The number of hydrogen-bond donors (Lipinski definition) is 1. The summed E-state index contributed by atoms with van der Waals surface area (Å²) in [7, 11) is 5.13. The molecule has 1 aliphatic heterocycles. The molecule has 1 heterocycles. The van der Waals surface area contributed by atoms with Crippen molar-refractivity contribution in [3.05, 3.63) is 94.6 Å². The smallest absolute Gasteiger partial charge is 0.416 e. The molecular weight excluding hydrogens is 485 g/mol. The van der Waals surface area contributed by atoms with Gasteiger partial charge in [-0.2, -0.15) is 13.2 Å². The van der Waals surface area contributed by atoms with Crippen LogP contribution in [-0.2, 0) is 15.8 Å². The highest BCUT2D eigenvalue weighted by atomic mass is 19.4. The number of amides is 1. The summed E-state index contributed by atoms with van der Waals surface area (Å²) in [4.78, 5) is 29.6. The Morgan fingerprint density at radius 2 is 1.59 bits per heavy atom. The van der Waals surface area contributed by atoms with Gasteiger partial charge in [0.2, 0.25) is 0 Å². The van der Waals surface area contributed by atoms with Crippen molar-refractivity contribution in [2.24, 2.45) is 0 Å². The molecule has 4 rings (SSSR count). The van der Waals surface area contributed by atoms with Gasteiger partial charge in [0.1, 0.15) is 11.5 Å². The summed E-state index contributed by atoms with van der Waals surface area (Å²) in [6.07, 6.45) is -4.56.